The van der Waals surface area contributed by atoms with E-state index in [1.165, 1.54) is 6.20 Å². The molecule has 0 amide bonds. The molecule has 24 heavy (non-hydrogen) atoms. The number of nitrogens with one attached hydrogen (secondary N) is 1. The monoisotopic (exact) mass is 345 g/mol. The predicted molar refractivity (Wildman–Crippen MR) is 93.1 cm³/mol. The van der Waals surface area contributed by atoms with E-state index in [-0.39, 0.29) is 5.56 Å². The molecule has 1 heterocycles. The van der Waals surface area contributed by atoms with Crippen LogP contribution in [0.15, 0.2) is 42.6 Å². The van der Waals surface area contributed by atoms with E-state index in [9.17, 15) is 9.90 Å². The van der Waals surface area contributed by atoms with E-state index < -0.39 is 5.97 Å². The Morgan fingerprint density at radius 2 is 1.96 bits per heavy atom. The number of H-pyrrole nitrogens is 1. The third-order valence-corrected chi connectivity index (χ3v) is 4.03. The largest absolute Gasteiger partial charge is 0.491 e. The highest BCUT2D eigenvalue weighted by Crippen LogP contribution is 2.34. The fourth-order valence-electron chi connectivity index (χ4n) is 2.51. The number of carbonyl (C=O) groups is 1. The van der Waals surface area contributed by atoms with E-state index in [1.54, 1.807) is 19.2 Å². The van der Waals surface area contributed by atoms with Crippen LogP contribution in [0.1, 0.15) is 10.4 Å². The highest BCUT2D eigenvalue weighted by molar-refractivity contribution is 6.34. The Bertz CT molecular complexity index is 871. The lowest BCUT2D eigenvalue weighted by molar-refractivity contribution is 0.0699. The van der Waals surface area contributed by atoms with Crippen LogP contribution in [-0.4, -0.2) is 36.4 Å². The third-order valence-electron chi connectivity index (χ3n) is 3.72. The van der Waals surface area contributed by atoms with Gasteiger partial charge in [-0.2, -0.15) is 0 Å². The summed E-state index contributed by atoms with van der Waals surface area (Å²) in [4.78, 5) is 14.2. The summed E-state index contributed by atoms with van der Waals surface area (Å²) in [6, 6.07) is 11.0. The Morgan fingerprint density at radius 3 is 2.62 bits per heavy atom. The van der Waals surface area contributed by atoms with Gasteiger partial charge >= 0.3 is 5.97 Å². The molecule has 0 unspecified atom stereocenters. The summed E-state index contributed by atoms with van der Waals surface area (Å²) >= 11 is 6.35. The number of ether oxygens (including phenoxy) is 2. The first-order valence-electron chi connectivity index (χ1n) is 7.36. The number of halogens is 1. The maximum Gasteiger partial charge on any atom is 0.337 e. The number of aromatic amines is 1. The van der Waals surface area contributed by atoms with Crippen molar-refractivity contribution >= 4 is 28.5 Å². The van der Waals surface area contributed by atoms with Gasteiger partial charge in [0.1, 0.15) is 12.4 Å². The minimum Gasteiger partial charge on any atom is -0.491 e. The van der Waals surface area contributed by atoms with E-state index >= 15 is 0 Å². The highest BCUT2D eigenvalue weighted by atomic mass is 35.5. The van der Waals surface area contributed by atoms with E-state index in [2.05, 4.69) is 4.98 Å². The number of aromatic carboxylic acids is 1. The Labute approximate surface area is 143 Å². The summed E-state index contributed by atoms with van der Waals surface area (Å²) in [5.74, 6) is -0.239. The number of carboxylic acid groups (broad SMARTS) is 1. The molecule has 0 fully saturated rings. The van der Waals surface area contributed by atoms with Gasteiger partial charge in [-0.3, -0.25) is 0 Å². The van der Waals surface area contributed by atoms with Gasteiger partial charge < -0.3 is 19.6 Å². The zero-order valence-corrected chi connectivity index (χ0v) is 13.8. The number of hydrogen-bond acceptors (Lipinski definition) is 3. The second-order valence-corrected chi connectivity index (χ2v) is 5.66. The zero-order valence-electron chi connectivity index (χ0n) is 13.0. The number of benzene rings is 2. The van der Waals surface area contributed by atoms with Crippen LogP contribution in [0, 0.1) is 0 Å². The molecular weight excluding hydrogens is 330 g/mol. The molecule has 1 aromatic heterocycles. The number of hydrogen-bond donors (Lipinski definition) is 2. The van der Waals surface area contributed by atoms with E-state index in [0.717, 1.165) is 16.9 Å². The van der Waals surface area contributed by atoms with Crippen molar-refractivity contribution in [3.05, 3.63) is 53.2 Å². The number of rotatable bonds is 6. The summed E-state index contributed by atoms with van der Waals surface area (Å²) in [7, 11) is 1.62. The average molecular weight is 346 g/mol. The Kier molecular flexibility index (Phi) is 4.74. The quantitative estimate of drug-likeness (QED) is 0.656. The van der Waals surface area contributed by atoms with E-state index in [1.807, 2.05) is 24.3 Å². The lowest BCUT2D eigenvalue weighted by atomic mass is 10.0. The van der Waals surface area contributed by atoms with Gasteiger partial charge in [0, 0.05) is 29.8 Å². The van der Waals surface area contributed by atoms with Crippen molar-refractivity contribution in [2.45, 2.75) is 0 Å². The minimum absolute atomic E-state index is 0.224. The minimum atomic E-state index is -0.976. The first-order valence-corrected chi connectivity index (χ1v) is 7.74. The molecule has 5 nitrogen and oxygen atoms in total. The van der Waals surface area contributed by atoms with Crippen molar-refractivity contribution in [1.82, 2.24) is 4.98 Å². The number of carboxylic acids is 1. The van der Waals surface area contributed by atoms with Crippen LogP contribution in [0.5, 0.6) is 5.75 Å². The molecule has 2 aromatic carbocycles. The summed E-state index contributed by atoms with van der Waals surface area (Å²) in [5, 5.41) is 10.4. The number of aromatic nitrogens is 1. The molecule has 6 heteroatoms. The predicted octanol–water partition coefficient (Wildman–Crippen LogP) is 4.21. The van der Waals surface area contributed by atoms with Gasteiger partial charge in [0.15, 0.2) is 0 Å². The van der Waals surface area contributed by atoms with E-state index in [0.29, 0.717) is 29.1 Å². The van der Waals surface area contributed by atoms with Crippen molar-refractivity contribution in [2.24, 2.45) is 0 Å². The molecule has 3 rings (SSSR count). The Morgan fingerprint density at radius 1 is 1.21 bits per heavy atom. The molecule has 0 aliphatic heterocycles. The molecule has 0 saturated carbocycles. The van der Waals surface area contributed by atoms with Gasteiger partial charge in [-0.05, 0) is 29.8 Å². The molecule has 0 atom stereocenters. The number of fused-ring (bicyclic) bond motifs is 1. The molecule has 0 bridgehead atoms. The zero-order chi connectivity index (χ0) is 17.1. The van der Waals surface area contributed by atoms with Gasteiger partial charge in [-0.15, -0.1) is 0 Å². The molecule has 0 spiro atoms. The SMILES string of the molecule is COCCOc1ccc(-c2cc3c(C(=O)O)c[nH]c3cc2Cl)cc1. The lowest BCUT2D eigenvalue weighted by Gasteiger charge is -2.09. The number of methoxy groups -OCH3 is 1. The van der Waals surface area contributed by atoms with Crippen LogP contribution in [0.2, 0.25) is 5.02 Å². The van der Waals surface area contributed by atoms with Crippen LogP contribution in [0.4, 0.5) is 0 Å². The average Bonchev–Trinajstić information content (AvgIpc) is 2.98. The summed E-state index contributed by atoms with van der Waals surface area (Å²) in [6.45, 7) is 1.00. The molecular formula is C18H16ClNO4. The third kappa shape index (κ3) is 3.22. The van der Waals surface area contributed by atoms with Crippen LogP contribution in [0.25, 0.3) is 22.0 Å². The van der Waals surface area contributed by atoms with Crippen molar-refractivity contribution in [1.29, 1.82) is 0 Å². The standard InChI is InChI=1S/C18H16ClNO4/c1-23-6-7-24-12-4-2-11(3-5-12)13-8-14-15(18(21)22)10-20-17(14)9-16(13)19/h2-5,8-10,20H,6-7H2,1H3,(H,21,22). The van der Waals surface area contributed by atoms with Crippen LogP contribution < -0.4 is 4.74 Å². The maximum absolute atomic E-state index is 11.3. The van der Waals surface area contributed by atoms with Crippen molar-refractivity contribution in [3.8, 4) is 16.9 Å². The van der Waals surface area contributed by atoms with Gasteiger partial charge in [0.05, 0.1) is 17.2 Å². The topological polar surface area (TPSA) is 71.6 Å². The fourth-order valence-corrected chi connectivity index (χ4v) is 2.79. The van der Waals surface area contributed by atoms with Crippen LogP contribution >= 0.6 is 11.6 Å². The highest BCUT2D eigenvalue weighted by Gasteiger charge is 2.14. The first-order chi connectivity index (χ1) is 11.6. The molecule has 3 aromatic rings. The Balaban J connectivity index is 1.94. The summed E-state index contributed by atoms with van der Waals surface area (Å²) in [6.07, 6.45) is 1.47. The van der Waals surface area contributed by atoms with Crippen molar-refractivity contribution < 1.29 is 19.4 Å². The summed E-state index contributed by atoms with van der Waals surface area (Å²) in [5.41, 5.74) is 2.58. The Hall–Kier alpha value is -2.50. The lowest BCUT2D eigenvalue weighted by Crippen LogP contribution is -2.03. The van der Waals surface area contributed by atoms with Gasteiger partial charge in [0.2, 0.25) is 0 Å². The van der Waals surface area contributed by atoms with Crippen LogP contribution in [-0.2, 0) is 4.74 Å². The molecule has 0 aliphatic rings. The van der Waals surface area contributed by atoms with E-state index in [4.69, 9.17) is 21.1 Å². The molecule has 0 radical (unpaired) electrons. The molecule has 124 valence electrons. The van der Waals surface area contributed by atoms with Crippen molar-refractivity contribution in [3.63, 3.8) is 0 Å². The fraction of sp³-hybridized carbons (Fsp3) is 0.167. The molecule has 2 N–H and O–H groups in total. The second-order valence-electron chi connectivity index (χ2n) is 5.25. The smallest absolute Gasteiger partial charge is 0.337 e. The second kappa shape index (κ2) is 6.95. The van der Waals surface area contributed by atoms with Gasteiger partial charge in [0.25, 0.3) is 0 Å². The maximum atomic E-state index is 11.3. The van der Waals surface area contributed by atoms with Gasteiger partial charge in [-0.25, -0.2) is 4.79 Å². The molecule has 0 saturated heterocycles. The summed E-state index contributed by atoms with van der Waals surface area (Å²) < 4.78 is 10.5. The molecule has 0 aliphatic carbocycles. The normalized spacial score (nSPS) is 10.9. The van der Waals surface area contributed by atoms with Gasteiger partial charge in [-0.1, -0.05) is 23.7 Å². The first kappa shape index (κ1) is 16.4. The van der Waals surface area contributed by atoms with Crippen molar-refractivity contribution in [2.75, 3.05) is 20.3 Å². The van der Waals surface area contributed by atoms with Crippen LogP contribution in [0.3, 0.4) is 0 Å².